The summed E-state index contributed by atoms with van der Waals surface area (Å²) >= 11 is 0. The summed E-state index contributed by atoms with van der Waals surface area (Å²) in [6.07, 6.45) is 15.8. The molecule has 0 spiro atoms. The van der Waals surface area contributed by atoms with Crippen molar-refractivity contribution in [2.45, 2.75) is 104 Å². The molecule has 20 heavy (non-hydrogen) atoms. The van der Waals surface area contributed by atoms with Crippen LogP contribution in [0.15, 0.2) is 0 Å². The molecule has 1 unspecified atom stereocenters. The van der Waals surface area contributed by atoms with Gasteiger partial charge in [0, 0.05) is 6.04 Å². The summed E-state index contributed by atoms with van der Waals surface area (Å²) < 4.78 is 0. The normalized spacial score (nSPS) is 13.7. The van der Waals surface area contributed by atoms with E-state index in [1.807, 2.05) is 0 Å². The Morgan fingerprint density at radius 3 is 1.70 bits per heavy atom. The molecule has 122 valence electrons. The van der Waals surface area contributed by atoms with Gasteiger partial charge in [-0.2, -0.15) is 0 Å². The Kier molecular flexibility index (Phi) is 12.6. The molecule has 0 radical (unpaired) electrons. The average molecular weight is 285 g/mol. The first kappa shape index (κ1) is 19.9. The Morgan fingerprint density at radius 1 is 0.800 bits per heavy atom. The van der Waals surface area contributed by atoms with Crippen molar-refractivity contribution in [2.24, 2.45) is 16.9 Å². The second kappa shape index (κ2) is 12.6. The molecule has 2 heteroatoms. The average Bonchev–Trinajstić information content (AvgIpc) is 2.40. The van der Waals surface area contributed by atoms with Gasteiger partial charge in [0.05, 0.1) is 0 Å². The minimum absolute atomic E-state index is 0.404. The van der Waals surface area contributed by atoms with E-state index in [0.29, 0.717) is 11.5 Å². The third-order valence-corrected chi connectivity index (χ3v) is 4.55. The zero-order valence-corrected chi connectivity index (χ0v) is 14.4. The summed E-state index contributed by atoms with van der Waals surface area (Å²) in [5.74, 6) is 0. The molecular weight excluding hydrogens is 244 g/mol. The van der Waals surface area contributed by atoms with Gasteiger partial charge >= 0.3 is 0 Å². The monoisotopic (exact) mass is 284 g/mol. The van der Waals surface area contributed by atoms with Gasteiger partial charge in [0.1, 0.15) is 0 Å². The lowest BCUT2D eigenvalue weighted by atomic mass is 9.82. The lowest BCUT2D eigenvalue weighted by Gasteiger charge is -2.26. The van der Waals surface area contributed by atoms with Gasteiger partial charge in [-0.15, -0.1) is 0 Å². The smallest absolute Gasteiger partial charge is 0.00439 e. The van der Waals surface area contributed by atoms with Gasteiger partial charge in [-0.05, 0) is 31.2 Å². The molecule has 0 aromatic carbocycles. The van der Waals surface area contributed by atoms with Crippen molar-refractivity contribution in [3.8, 4) is 0 Å². The van der Waals surface area contributed by atoms with Gasteiger partial charge in [0.25, 0.3) is 0 Å². The summed E-state index contributed by atoms with van der Waals surface area (Å²) in [4.78, 5) is 0. The summed E-state index contributed by atoms with van der Waals surface area (Å²) in [7, 11) is 0. The Hall–Kier alpha value is -0.0800. The minimum Gasteiger partial charge on any atom is -0.330 e. The molecule has 0 aromatic rings. The van der Waals surface area contributed by atoms with Gasteiger partial charge in [-0.1, -0.05) is 78.6 Å². The maximum absolute atomic E-state index is 6.23. The van der Waals surface area contributed by atoms with Gasteiger partial charge in [-0.25, -0.2) is 0 Å². The van der Waals surface area contributed by atoms with Crippen LogP contribution in [0.1, 0.15) is 97.8 Å². The highest BCUT2D eigenvalue weighted by molar-refractivity contribution is 4.74. The van der Waals surface area contributed by atoms with Crippen LogP contribution in [0.3, 0.4) is 0 Å². The Morgan fingerprint density at radius 2 is 1.25 bits per heavy atom. The maximum atomic E-state index is 6.23. The van der Waals surface area contributed by atoms with Crippen molar-refractivity contribution in [3.63, 3.8) is 0 Å². The zero-order valence-electron chi connectivity index (χ0n) is 14.4. The van der Waals surface area contributed by atoms with Gasteiger partial charge in [0.2, 0.25) is 0 Å². The quantitative estimate of drug-likeness (QED) is 0.441. The molecule has 0 amide bonds. The lowest BCUT2D eigenvalue weighted by Crippen LogP contribution is -2.27. The minimum atomic E-state index is 0.404. The summed E-state index contributed by atoms with van der Waals surface area (Å²) in [5.41, 5.74) is 12.1. The van der Waals surface area contributed by atoms with Crippen molar-refractivity contribution in [2.75, 3.05) is 6.54 Å². The molecule has 4 N–H and O–H groups in total. The van der Waals surface area contributed by atoms with E-state index >= 15 is 0 Å². The number of unbranched alkanes of at least 4 members (excludes halogenated alkanes) is 8. The molecule has 0 saturated heterocycles. The van der Waals surface area contributed by atoms with E-state index in [4.69, 9.17) is 11.5 Å². The van der Waals surface area contributed by atoms with E-state index in [2.05, 4.69) is 20.8 Å². The third kappa shape index (κ3) is 12.9. The second-order valence-corrected chi connectivity index (χ2v) is 7.24. The molecular formula is C18H40N2. The highest BCUT2D eigenvalue weighted by atomic mass is 14.6. The van der Waals surface area contributed by atoms with Crippen LogP contribution in [0.4, 0.5) is 0 Å². The van der Waals surface area contributed by atoms with Crippen LogP contribution in [0.5, 0.6) is 0 Å². The number of rotatable bonds is 14. The van der Waals surface area contributed by atoms with Crippen LogP contribution in [0, 0.1) is 5.41 Å². The van der Waals surface area contributed by atoms with Crippen LogP contribution >= 0.6 is 0 Å². The van der Waals surface area contributed by atoms with Crippen molar-refractivity contribution >= 4 is 0 Å². The van der Waals surface area contributed by atoms with Crippen LogP contribution in [0.2, 0.25) is 0 Å². The van der Waals surface area contributed by atoms with Crippen LogP contribution in [-0.2, 0) is 0 Å². The summed E-state index contributed by atoms with van der Waals surface area (Å²) in [5, 5.41) is 0. The van der Waals surface area contributed by atoms with E-state index in [-0.39, 0.29) is 0 Å². The maximum Gasteiger partial charge on any atom is 0.00439 e. The second-order valence-electron chi connectivity index (χ2n) is 7.24. The fraction of sp³-hybridized carbons (Fsp3) is 1.00. The Labute approximate surface area is 128 Å². The van der Waals surface area contributed by atoms with Gasteiger partial charge in [-0.3, -0.25) is 0 Å². The predicted molar refractivity (Wildman–Crippen MR) is 91.9 cm³/mol. The molecule has 0 heterocycles. The highest BCUT2D eigenvalue weighted by Gasteiger charge is 2.18. The molecule has 0 bridgehead atoms. The summed E-state index contributed by atoms with van der Waals surface area (Å²) in [6, 6.07) is 0.404. The van der Waals surface area contributed by atoms with Gasteiger partial charge < -0.3 is 11.5 Å². The van der Waals surface area contributed by atoms with Crippen molar-refractivity contribution in [3.05, 3.63) is 0 Å². The SMILES string of the molecule is CCC(C)(C)CC(N)CCCCCCCCCCCN. The number of nitrogens with two attached hydrogens (primary N) is 2. The lowest BCUT2D eigenvalue weighted by molar-refractivity contribution is 0.284. The topological polar surface area (TPSA) is 52.0 Å². The van der Waals surface area contributed by atoms with Crippen molar-refractivity contribution in [1.29, 1.82) is 0 Å². The van der Waals surface area contributed by atoms with Crippen LogP contribution in [0.25, 0.3) is 0 Å². The van der Waals surface area contributed by atoms with E-state index in [1.165, 1.54) is 77.0 Å². The Balaban J connectivity index is 3.27. The third-order valence-electron chi connectivity index (χ3n) is 4.55. The molecule has 0 rings (SSSR count). The molecule has 0 aliphatic heterocycles. The zero-order chi connectivity index (χ0) is 15.3. The first-order chi connectivity index (χ1) is 9.52. The first-order valence-corrected chi connectivity index (χ1v) is 8.97. The van der Waals surface area contributed by atoms with E-state index in [1.54, 1.807) is 0 Å². The number of hydrogen-bond donors (Lipinski definition) is 2. The van der Waals surface area contributed by atoms with E-state index in [9.17, 15) is 0 Å². The Bertz CT molecular complexity index is 202. The van der Waals surface area contributed by atoms with Crippen LogP contribution < -0.4 is 11.5 Å². The largest absolute Gasteiger partial charge is 0.330 e. The van der Waals surface area contributed by atoms with E-state index in [0.717, 1.165) is 6.54 Å². The van der Waals surface area contributed by atoms with Crippen LogP contribution in [-0.4, -0.2) is 12.6 Å². The fourth-order valence-corrected chi connectivity index (χ4v) is 2.74. The number of hydrogen-bond acceptors (Lipinski definition) is 2. The molecule has 0 aliphatic carbocycles. The van der Waals surface area contributed by atoms with Crippen molar-refractivity contribution < 1.29 is 0 Å². The standard InChI is InChI=1S/C18H40N2/c1-4-18(2,3)16-17(20)14-12-10-8-6-5-7-9-11-13-15-19/h17H,4-16,19-20H2,1-3H3. The highest BCUT2D eigenvalue weighted by Crippen LogP contribution is 2.27. The molecule has 2 nitrogen and oxygen atoms in total. The molecule has 0 saturated carbocycles. The fourth-order valence-electron chi connectivity index (χ4n) is 2.74. The molecule has 0 fully saturated rings. The molecule has 1 atom stereocenters. The summed E-state index contributed by atoms with van der Waals surface area (Å²) in [6.45, 7) is 7.78. The van der Waals surface area contributed by atoms with Crippen molar-refractivity contribution in [1.82, 2.24) is 0 Å². The molecule has 0 aliphatic rings. The van der Waals surface area contributed by atoms with Gasteiger partial charge in [0.15, 0.2) is 0 Å². The predicted octanol–water partition coefficient (Wildman–Crippen LogP) is 5.00. The first-order valence-electron chi connectivity index (χ1n) is 8.97. The van der Waals surface area contributed by atoms with E-state index < -0.39 is 0 Å². The molecule has 0 aromatic heterocycles.